The highest BCUT2D eigenvalue weighted by atomic mass is 32.2. The molecule has 0 aliphatic rings. The van der Waals surface area contributed by atoms with E-state index in [-0.39, 0.29) is 5.75 Å². The molecule has 1 heterocycles. The predicted molar refractivity (Wildman–Crippen MR) is 51.7 cm³/mol. The summed E-state index contributed by atoms with van der Waals surface area (Å²) in [6, 6.07) is 2.66. The van der Waals surface area contributed by atoms with Gasteiger partial charge in [-0.1, -0.05) is 6.92 Å². The van der Waals surface area contributed by atoms with Crippen molar-refractivity contribution in [2.75, 3.05) is 5.75 Å². The molecule has 1 aromatic rings. The number of pyridine rings is 1. The summed E-state index contributed by atoms with van der Waals surface area (Å²) < 4.78 is 59.8. The number of sulfone groups is 1. The molecule has 92 valence electrons. The Morgan fingerprint density at radius 3 is 2.41 bits per heavy atom. The Hall–Kier alpha value is -1.62. The maximum Gasteiger partial charge on any atom is 0.433 e. The van der Waals surface area contributed by atoms with Crippen molar-refractivity contribution >= 4 is 9.84 Å². The SMILES string of the molecule is CCS(=O)(=O)c1ccc(C(F)(F)F)nc1C#N. The van der Waals surface area contributed by atoms with E-state index in [1.165, 1.54) is 13.0 Å². The molecule has 0 spiro atoms. The van der Waals surface area contributed by atoms with Crippen molar-refractivity contribution in [2.24, 2.45) is 0 Å². The van der Waals surface area contributed by atoms with Crippen molar-refractivity contribution in [2.45, 2.75) is 18.0 Å². The lowest BCUT2D eigenvalue weighted by Gasteiger charge is -2.08. The van der Waals surface area contributed by atoms with Gasteiger partial charge in [-0.2, -0.15) is 18.4 Å². The third kappa shape index (κ3) is 2.74. The van der Waals surface area contributed by atoms with E-state index in [4.69, 9.17) is 5.26 Å². The van der Waals surface area contributed by atoms with Crippen LogP contribution in [0.3, 0.4) is 0 Å². The third-order valence-corrected chi connectivity index (χ3v) is 3.73. The highest BCUT2D eigenvalue weighted by Gasteiger charge is 2.34. The fourth-order valence-corrected chi connectivity index (χ4v) is 2.06. The topological polar surface area (TPSA) is 70.8 Å². The van der Waals surface area contributed by atoms with Crippen LogP contribution in [-0.2, 0) is 16.0 Å². The number of hydrogen-bond donors (Lipinski definition) is 0. The van der Waals surface area contributed by atoms with E-state index in [9.17, 15) is 21.6 Å². The normalized spacial score (nSPS) is 12.2. The van der Waals surface area contributed by atoms with Crippen LogP contribution in [0.25, 0.3) is 0 Å². The molecule has 8 heteroatoms. The highest BCUT2D eigenvalue weighted by Crippen LogP contribution is 2.29. The molecule has 0 aliphatic heterocycles. The van der Waals surface area contributed by atoms with Gasteiger partial charge in [0.25, 0.3) is 0 Å². The molecule has 17 heavy (non-hydrogen) atoms. The van der Waals surface area contributed by atoms with Crippen molar-refractivity contribution in [3.05, 3.63) is 23.5 Å². The Morgan fingerprint density at radius 1 is 1.41 bits per heavy atom. The molecule has 1 rings (SSSR count). The lowest BCUT2D eigenvalue weighted by molar-refractivity contribution is -0.141. The molecule has 0 radical (unpaired) electrons. The van der Waals surface area contributed by atoms with Gasteiger partial charge in [0.1, 0.15) is 16.7 Å². The maximum absolute atomic E-state index is 12.3. The van der Waals surface area contributed by atoms with Crippen LogP contribution < -0.4 is 0 Å². The van der Waals surface area contributed by atoms with Crippen molar-refractivity contribution in [1.82, 2.24) is 4.98 Å². The number of hydrogen-bond acceptors (Lipinski definition) is 4. The zero-order valence-electron chi connectivity index (χ0n) is 8.61. The highest BCUT2D eigenvalue weighted by molar-refractivity contribution is 7.91. The number of rotatable bonds is 2. The quantitative estimate of drug-likeness (QED) is 0.816. The summed E-state index contributed by atoms with van der Waals surface area (Å²) in [7, 11) is -3.76. The molecule has 1 aromatic heterocycles. The zero-order valence-corrected chi connectivity index (χ0v) is 9.43. The van der Waals surface area contributed by atoms with Crippen LogP contribution in [0, 0.1) is 11.3 Å². The summed E-state index contributed by atoms with van der Waals surface area (Å²) in [6.07, 6.45) is -4.71. The lowest BCUT2D eigenvalue weighted by Crippen LogP contribution is -2.13. The van der Waals surface area contributed by atoms with Gasteiger partial charge in [-0.15, -0.1) is 0 Å². The maximum atomic E-state index is 12.3. The Kier molecular flexibility index (Phi) is 3.43. The van der Waals surface area contributed by atoms with Gasteiger partial charge in [-0.25, -0.2) is 13.4 Å². The Morgan fingerprint density at radius 2 is 2.00 bits per heavy atom. The third-order valence-electron chi connectivity index (χ3n) is 1.97. The molecule has 0 saturated carbocycles. The summed E-state index contributed by atoms with van der Waals surface area (Å²) in [4.78, 5) is 2.54. The second kappa shape index (κ2) is 4.33. The van der Waals surface area contributed by atoms with Gasteiger partial charge in [0, 0.05) is 0 Å². The van der Waals surface area contributed by atoms with Gasteiger partial charge in [-0.05, 0) is 12.1 Å². The minimum Gasteiger partial charge on any atom is -0.231 e. The first-order valence-electron chi connectivity index (χ1n) is 4.43. The average Bonchev–Trinajstić information content (AvgIpc) is 2.27. The first kappa shape index (κ1) is 13.4. The minimum atomic E-state index is -4.71. The Bertz CT molecular complexity index is 573. The van der Waals surface area contributed by atoms with E-state index in [2.05, 4.69) is 4.98 Å². The first-order valence-corrected chi connectivity index (χ1v) is 6.08. The van der Waals surface area contributed by atoms with Gasteiger partial charge < -0.3 is 0 Å². The van der Waals surface area contributed by atoms with E-state index in [0.29, 0.717) is 6.07 Å². The van der Waals surface area contributed by atoms with Crippen LogP contribution in [0.2, 0.25) is 0 Å². The predicted octanol–water partition coefficient (Wildman–Crippen LogP) is 1.77. The molecule has 4 nitrogen and oxygen atoms in total. The van der Waals surface area contributed by atoms with Crippen molar-refractivity contribution in [3.63, 3.8) is 0 Å². The van der Waals surface area contributed by atoms with Gasteiger partial charge in [0.2, 0.25) is 0 Å². The van der Waals surface area contributed by atoms with Gasteiger partial charge in [0.15, 0.2) is 15.5 Å². The molecule has 0 aromatic carbocycles. The molecule has 0 aliphatic carbocycles. The van der Waals surface area contributed by atoms with E-state index in [1.54, 1.807) is 0 Å². The van der Waals surface area contributed by atoms with E-state index >= 15 is 0 Å². The van der Waals surface area contributed by atoms with Gasteiger partial charge >= 0.3 is 6.18 Å². The molecule has 0 saturated heterocycles. The summed E-state index contributed by atoms with van der Waals surface area (Å²) in [6.45, 7) is 1.33. The molecule has 0 fully saturated rings. The smallest absolute Gasteiger partial charge is 0.231 e. The Balaban J connectivity index is 3.46. The molecule has 0 atom stereocenters. The first-order chi connectivity index (χ1) is 7.72. The van der Waals surface area contributed by atoms with Crippen molar-refractivity contribution < 1.29 is 21.6 Å². The average molecular weight is 264 g/mol. The second-order valence-electron chi connectivity index (χ2n) is 3.06. The number of alkyl halides is 3. The van der Waals surface area contributed by atoms with Crippen molar-refractivity contribution in [3.8, 4) is 6.07 Å². The van der Waals surface area contributed by atoms with Gasteiger partial charge in [-0.3, -0.25) is 0 Å². The van der Waals surface area contributed by atoms with Crippen LogP contribution >= 0.6 is 0 Å². The summed E-state index contributed by atoms with van der Waals surface area (Å²) >= 11 is 0. The molecule has 0 bridgehead atoms. The molecule has 0 unspecified atom stereocenters. The number of nitriles is 1. The summed E-state index contributed by atoms with van der Waals surface area (Å²) in [5.74, 6) is -0.311. The number of nitrogens with zero attached hydrogens (tertiary/aromatic N) is 2. The van der Waals surface area contributed by atoms with E-state index < -0.39 is 32.3 Å². The van der Waals surface area contributed by atoms with Crippen LogP contribution in [0.15, 0.2) is 17.0 Å². The fraction of sp³-hybridized carbons (Fsp3) is 0.333. The monoisotopic (exact) mass is 264 g/mol. The molecular formula is C9H7F3N2O2S. The minimum absolute atomic E-state index is 0.311. The fourth-order valence-electron chi connectivity index (χ4n) is 1.09. The zero-order chi connectivity index (χ0) is 13.3. The summed E-state index contributed by atoms with van der Waals surface area (Å²) in [5, 5.41) is 8.62. The number of halogens is 3. The summed E-state index contributed by atoms with van der Waals surface area (Å²) in [5.41, 5.74) is -2.02. The second-order valence-corrected chi connectivity index (χ2v) is 5.30. The largest absolute Gasteiger partial charge is 0.433 e. The van der Waals surface area contributed by atoms with E-state index in [1.807, 2.05) is 0 Å². The molecule has 0 N–H and O–H groups in total. The van der Waals surface area contributed by atoms with E-state index in [0.717, 1.165) is 6.07 Å². The van der Waals surface area contributed by atoms with Gasteiger partial charge in [0.05, 0.1) is 5.75 Å². The Labute approximate surface area is 95.6 Å². The number of aromatic nitrogens is 1. The standard InChI is InChI=1S/C9H7F3N2O2S/c1-2-17(15,16)7-3-4-8(9(10,11)12)14-6(7)5-13/h3-4H,2H2,1H3. The molecule has 0 amide bonds. The van der Waals surface area contributed by atoms with Crippen LogP contribution in [0.5, 0.6) is 0 Å². The molecular weight excluding hydrogens is 257 g/mol. The van der Waals surface area contributed by atoms with Crippen LogP contribution in [0.4, 0.5) is 13.2 Å². The lowest BCUT2D eigenvalue weighted by atomic mass is 10.3. The van der Waals surface area contributed by atoms with Crippen LogP contribution in [0.1, 0.15) is 18.3 Å². The van der Waals surface area contributed by atoms with Crippen LogP contribution in [-0.4, -0.2) is 19.2 Å². The van der Waals surface area contributed by atoms with Crippen molar-refractivity contribution in [1.29, 1.82) is 5.26 Å².